The molecule has 0 aliphatic heterocycles. The van der Waals surface area contributed by atoms with E-state index in [1.807, 2.05) is 6.07 Å². The third-order valence-corrected chi connectivity index (χ3v) is 8.08. The molecule has 0 radical (unpaired) electrons. The molecule has 1 unspecified atom stereocenters. The van der Waals surface area contributed by atoms with E-state index in [0.29, 0.717) is 17.2 Å². The van der Waals surface area contributed by atoms with Crippen molar-refractivity contribution in [2.45, 2.75) is 57.7 Å². The van der Waals surface area contributed by atoms with Gasteiger partial charge in [0, 0.05) is 18.7 Å². The number of benzene rings is 2. The minimum Gasteiger partial charge on any atom is -0.497 e. The number of nitrogens with one attached hydrogen (secondary N) is 1. The molecule has 0 saturated heterocycles. The molecule has 3 rings (SSSR count). The first-order valence-corrected chi connectivity index (χ1v) is 14.8. The highest BCUT2D eigenvalue weighted by molar-refractivity contribution is 7.92. The lowest BCUT2D eigenvalue weighted by molar-refractivity contribution is -0.139. The number of amides is 2. The Morgan fingerprint density at radius 3 is 2.28 bits per heavy atom. The molecule has 10 nitrogen and oxygen atoms in total. The van der Waals surface area contributed by atoms with Crippen molar-refractivity contribution in [3.05, 3.63) is 48.0 Å². The van der Waals surface area contributed by atoms with Crippen LogP contribution in [0.15, 0.2) is 42.5 Å². The first-order valence-electron chi connectivity index (χ1n) is 13.0. The number of anilines is 1. The van der Waals surface area contributed by atoms with Gasteiger partial charge in [0.15, 0.2) is 11.5 Å². The van der Waals surface area contributed by atoms with Crippen LogP contribution in [0.3, 0.4) is 0 Å². The standard InChI is InChI=1S/C28H39N3O7S/c1-20(28(33)29-22-11-7-6-8-12-22)30(18-21-10-9-13-24(16-21)36-2)27(32)19-31(39(5,34)35)23-14-15-25(37-3)26(17-23)38-4/h9-10,13-17,20,22H,6-8,11-12,18-19H2,1-5H3,(H,29,33). The van der Waals surface area contributed by atoms with Crippen LogP contribution in [0, 0.1) is 0 Å². The first kappa shape index (κ1) is 30.1. The van der Waals surface area contributed by atoms with E-state index in [9.17, 15) is 18.0 Å². The van der Waals surface area contributed by atoms with Gasteiger partial charge in [-0.2, -0.15) is 0 Å². The summed E-state index contributed by atoms with van der Waals surface area (Å²) in [6, 6.07) is 11.1. The molecule has 0 heterocycles. The lowest BCUT2D eigenvalue weighted by Gasteiger charge is -2.33. The van der Waals surface area contributed by atoms with E-state index in [-0.39, 0.29) is 24.2 Å². The van der Waals surface area contributed by atoms with Crippen molar-refractivity contribution in [2.24, 2.45) is 0 Å². The summed E-state index contributed by atoms with van der Waals surface area (Å²) in [6.45, 7) is 1.26. The highest BCUT2D eigenvalue weighted by Crippen LogP contribution is 2.32. The predicted molar refractivity (Wildman–Crippen MR) is 150 cm³/mol. The maximum atomic E-state index is 13.8. The van der Waals surface area contributed by atoms with Gasteiger partial charge in [0.25, 0.3) is 0 Å². The number of nitrogens with zero attached hydrogens (tertiary/aromatic N) is 2. The zero-order valence-electron chi connectivity index (χ0n) is 23.3. The second kappa shape index (κ2) is 13.5. The molecule has 214 valence electrons. The van der Waals surface area contributed by atoms with Crippen molar-refractivity contribution in [2.75, 3.05) is 38.4 Å². The summed E-state index contributed by atoms with van der Waals surface area (Å²) in [4.78, 5) is 28.5. The Morgan fingerprint density at radius 1 is 0.974 bits per heavy atom. The Kier molecular flexibility index (Phi) is 10.4. The van der Waals surface area contributed by atoms with Crippen LogP contribution in [0.25, 0.3) is 0 Å². The van der Waals surface area contributed by atoms with E-state index in [1.165, 1.54) is 25.2 Å². The van der Waals surface area contributed by atoms with Crippen molar-refractivity contribution >= 4 is 27.5 Å². The third-order valence-electron chi connectivity index (χ3n) is 6.94. The molecule has 1 N–H and O–H groups in total. The van der Waals surface area contributed by atoms with Crippen LogP contribution in [0.5, 0.6) is 17.2 Å². The van der Waals surface area contributed by atoms with Crippen LogP contribution in [0.1, 0.15) is 44.6 Å². The van der Waals surface area contributed by atoms with E-state index in [0.717, 1.165) is 48.2 Å². The van der Waals surface area contributed by atoms with Gasteiger partial charge in [-0.15, -0.1) is 0 Å². The molecule has 0 bridgehead atoms. The summed E-state index contributed by atoms with van der Waals surface area (Å²) < 4.78 is 42.6. The third kappa shape index (κ3) is 8.01. The minimum atomic E-state index is -3.87. The molecule has 2 aromatic rings. The SMILES string of the molecule is COc1cccc(CN(C(=O)CN(c2ccc(OC)c(OC)c2)S(C)(=O)=O)C(C)C(=O)NC2CCCCC2)c1. The molecule has 2 amide bonds. The molecule has 2 aromatic carbocycles. The highest BCUT2D eigenvalue weighted by atomic mass is 32.2. The number of carbonyl (C=O) groups is 2. The van der Waals surface area contributed by atoms with E-state index in [1.54, 1.807) is 44.4 Å². The zero-order chi connectivity index (χ0) is 28.6. The van der Waals surface area contributed by atoms with Crippen LogP contribution in [-0.4, -0.2) is 71.3 Å². The topological polar surface area (TPSA) is 114 Å². The Balaban J connectivity index is 1.92. The number of sulfonamides is 1. The lowest BCUT2D eigenvalue weighted by Crippen LogP contribution is -2.52. The van der Waals surface area contributed by atoms with Gasteiger partial charge in [-0.1, -0.05) is 31.4 Å². The fourth-order valence-corrected chi connectivity index (χ4v) is 5.55. The summed E-state index contributed by atoms with van der Waals surface area (Å²) in [6.07, 6.45) is 6.11. The molecular weight excluding hydrogens is 522 g/mol. The molecule has 0 spiro atoms. The molecular formula is C28H39N3O7S. The Morgan fingerprint density at radius 2 is 1.67 bits per heavy atom. The molecule has 0 aromatic heterocycles. The molecule has 11 heteroatoms. The van der Waals surface area contributed by atoms with Crippen LogP contribution in [0.2, 0.25) is 0 Å². The second-order valence-electron chi connectivity index (χ2n) is 9.70. The Hall–Kier alpha value is -3.47. The van der Waals surface area contributed by atoms with E-state index >= 15 is 0 Å². The Bertz CT molecular complexity index is 1250. The average Bonchev–Trinajstić information content (AvgIpc) is 2.93. The number of carbonyl (C=O) groups excluding carboxylic acids is 2. The van der Waals surface area contributed by atoms with Crippen LogP contribution in [0.4, 0.5) is 5.69 Å². The maximum absolute atomic E-state index is 13.8. The van der Waals surface area contributed by atoms with Crippen LogP contribution >= 0.6 is 0 Å². The molecule has 39 heavy (non-hydrogen) atoms. The summed E-state index contributed by atoms with van der Waals surface area (Å²) in [5, 5.41) is 3.09. The largest absolute Gasteiger partial charge is 0.497 e. The molecule has 1 atom stereocenters. The summed E-state index contributed by atoms with van der Waals surface area (Å²) in [5.41, 5.74) is 0.987. The summed E-state index contributed by atoms with van der Waals surface area (Å²) >= 11 is 0. The number of hydrogen-bond donors (Lipinski definition) is 1. The Labute approximate surface area is 231 Å². The zero-order valence-corrected chi connectivity index (χ0v) is 24.1. The van der Waals surface area contributed by atoms with Gasteiger partial charge in [-0.05, 0) is 49.6 Å². The monoisotopic (exact) mass is 561 g/mol. The van der Waals surface area contributed by atoms with Crippen LogP contribution in [-0.2, 0) is 26.2 Å². The predicted octanol–water partition coefficient (Wildman–Crippen LogP) is 3.34. The number of methoxy groups -OCH3 is 3. The molecule has 1 aliphatic carbocycles. The number of rotatable bonds is 12. The van der Waals surface area contributed by atoms with E-state index in [2.05, 4.69) is 5.32 Å². The second-order valence-corrected chi connectivity index (χ2v) is 11.6. The molecule has 1 saturated carbocycles. The van der Waals surface area contributed by atoms with Crippen molar-refractivity contribution in [3.63, 3.8) is 0 Å². The molecule has 1 aliphatic rings. The van der Waals surface area contributed by atoms with Crippen molar-refractivity contribution in [1.29, 1.82) is 0 Å². The van der Waals surface area contributed by atoms with Gasteiger partial charge in [-0.25, -0.2) is 8.42 Å². The van der Waals surface area contributed by atoms with E-state index < -0.39 is 28.5 Å². The lowest BCUT2D eigenvalue weighted by atomic mass is 9.95. The summed E-state index contributed by atoms with van der Waals surface area (Å²) in [7, 11) is 0.599. The van der Waals surface area contributed by atoms with Crippen molar-refractivity contribution in [1.82, 2.24) is 10.2 Å². The van der Waals surface area contributed by atoms with E-state index in [4.69, 9.17) is 14.2 Å². The van der Waals surface area contributed by atoms with Crippen molar-refractivity contribution in [3.8, 4) is 17.2 Å². The van der Waals surface area contributed by atoms with Crippen LogP contribution < -0.4 is 23.8 Å². The van der Waals surface area contributed by atoms with Gasteiger partial charge >= 0.3 is 0 Å². The fraction of sp³-hybridized carbons (Fsp3) is 0.500. The average molecular weight is 562 g/mol. The van der Waals surface area contributed by atoms with Crippen molar-refractivity contribution < 1.29 is 32.2 Å². The quantitative estimate of drug-likeness (QED) is 0.423. The molecule has 1 fully saturated rings. The van der Waals surface area contributed by atoms with Gasteiger partial charge in [0.2, 0.25) is 21.8 Å². The van der Waals surface area contributed by atoms with Gasteiger partial charge < -0.3 is 24.4 Å². The summed E-state index contributed by atoms with van der Waals surface area (Å²) in [5.74, 6) is 0.569. The maximum Gasteiger partial charge on any atom is 0.244 e. The fourth-order valence-electron chi connectivity index (χ4n) is 4.71. The number of hydrogen-bond acceptors (Lipinski definition) is 7. The van der Waals surface area contributed by atoms with Gasteiger partial charge in [0.05, 0.1) is 33.3 Å². The highest BCUT2D eigenvalue weighted by Gasteiger charge is 2.31. The van der Waals surface area contributed by atoms with Gasteiger partial charge in [0.1, 0.15) is 18.3 Å². The minimum absolute atomic E-state index is 0.0711. The normalized spacial score (nSPS) is 14.7. The smallest absolute Gasteiger partial charge is 0.244 e. The van der Waals surface area contributed by atoms with Gasteiger partial charge in [-0.3, -0.25) is 13.9 Å². The first-order chi connectivity index (χ1) is 18.6. The number of ether oxygens (including phenoxy) is 3.